The van der Waals surface area contributed by atoms with Crippen LogP contribution in [0.4, 0.5) is 32.0 Å². The van der Waals surface area contributed by atoms with E-state index in [4.69, 9.17) is 23.2 Å². The minimum absolute atomic E-state index is 0.235. The fourth-order valence-corrected chi connectivity index (χ4v) is 2.47. The van der Waals surface area contributed by atoms with E-state index in [9.17, 15) is 35.9 Å². The van der Waals surface area contributed by atoms with E-state index < -0.39 is 52.2 Å². The van der Waals surface area contributed by atoms with Gasteiger partial charge in [-0.1, -0.05) is 23.2 Å². The first-order valence-corrected chi connectivity index (χ1v) is 7.68. The highest BCUT2D eigenvalue weighted by molar-refractivity contribution is 6.31. The van der Waals surface area contributed by atoms with Crippen molar-refractivity contribution in [2.75, 3.05) is 5.32 Å². The first-order valence-electron chi connectivity index (χ1n) is 6.93. The zero-order valence-corrected chi connectivity index (χ0v) is 14.4. The molecule has 1 aromatic heterocycles. The van der Waals surface area contributed by atoms with Gasteiger partial charge in [0.15, 0.2) is 0 Å². The van der Waals surface area contributed by atoms with Crippen molar-refractivity contribution >= 4 is 34.8 Å². The summed E-state index contributed by atoms with van der Waals surface area (Å²) in [5, 5.41) is 0.869. The zero-order chi connectivity index (χ0) is 20.6. The van der Waals surface area contributed by atoms with Crippen molar-refractivity contribution < 1.29 is 31.1 Å². The first kappa shape index (κ1) is 21.1. The highest BCUT2D eigenvalue weighted by Gasteiger charge is 2.35. The summed E-state index contributed by atoms with van der Waals surface area (Å²) in [7, 11) is 0. The average Bonchev–Trinajstić information content (AvgIpc) is 2.51. The summed E-state index contributed by atoms with van der Waals surface area (Å²) in [5.41, 5.74) is -4.31. The van der Waals surface area contributed by atoms with Gasteiger partial charge in [-0.25, -0.2) is 0 Å². The highest BCUT2D eigenvalue weighted by Crippen LogP contribution is 2.36. The van der Waals surface area contributed by atoms with Crippen LogP contribution in [-0.4, -0.2) is 10.5 Å². The Hall–Kier alpha value is -2.20. The van der Waals surface area contributed by atoms with Gasteiger partial charge in [-0.05, 0) is 24.3 Å². The number of nitrogens with zero attached hydrogens (tertiary/aromatic N) is 1. The topological polar surface area (TPSA) is 51.1 Å². The summed E-state index contributed by atoms with van der Waals surface area (Å²) < 4.78 is 77.7. The molecule has 0 bridgehead atoms. The van der Waals surface area contributed by atoms with Crippen LogP contribution in [0.3, 0.4) is 0 Å². The molecule has 1 heterocycles. The summed E-state index contributed by atoms with van der Waals surface area (Å²) >= 11 is 11.0. The van der Waals surface area contributed by atoms with Gasteiger partial charge in [0.2, 0.25) is 5.91 Å². The Morgan fingerprint density at radius 2 is 1.67 bits per heavy atom. The largest absolute Gasteiger partial charge is 0.418 e. The lowest BCUT2D eigenvalue weighted by Gasteiger charge is -2.15. The van der Waals surface area contributed by atoms with Crippen LogP contribution in [0.1, 0.15) is 11.1 Å². The number of alkyl halides is 6. The minimum Gasteiger partial charge on any atom is -0.324 e. The lowest BCUT2D eigenvalue weighted by molar-refractivity contribution is -0.138. The summed E-state index contributed by atoms with van der Waals surface area (Å²) in [6.07, 6.45) is -9.33. The lowest BCUT2D eigenvalue weighted by atomic mass is 10.1. The summed E-state index contributed by atoms with van der Waals surface area (Å²) in [6.45, 7) is -0.984. The summed E-state index contributed by atoms with van der Waals surface area (Å²) in [5.74, 6) is -1.17. The van der Waals surface area contributed by atoms with Gasteiger partial charge in [0.1, 0.15) is 11.6 Å². The second-order valence-corrected chi connectivity index (χ2v) is 6.09. The molecule has 0 atom stereocenters. The van der Waals surface area contributed by atoms with Crippen molar-refractivity contribution in [2.45, 2.75) is 18.9 Å². The number of aromatic nitrogens is 1. The number of hydrogen-bond donors (Lipinski definition) is 1. The maximum Gasteiger partial charge on any atom is 0.418 e. The van der Waals surface area contributed by atoms with Crippen molar-refractivity contribution in [1.82, 2.24) is 4.57 Å². The van der Waals surface area contributed by atoms with Crippen molar-refractivity contribution in [3.63, 3.8) is 0 Å². The molecule has 0 spiro atoms. The van der Waals surface area contributed by atoms with E-state index in [2.05, 4.69) is 0 Å². The molecule has 1 aromatic carbocycles. The Balaban J connectivity index is 2.33. The smallest absolute Gasteiger partial charge is 0.324 e. The third-order valence-electron chi connectivity index (χ3n) is 3.24. The van der Waals surface area contributed by atoms with Gasteiger partial charge < -0.3 is 9.88 Å². The summed E-state index contributed by atoms with van der Waals surface area (Å²) in [6, 6.07) is 2.92. The van der Waals surface area contributed by atoms with E-state index in [0.29, 0.717) is 22.9 Å². The second kappa shape index (κ2) is 7.43. The molecule has 12 heteroatoms. The van der Waals surface area contributed by atoms with Crippen molar-refractivity contribution in [1.29, 1.82) is 0 Å². The van der Waals surface area contributed by atoms with Crippen LogP contribution in [0.15, 0.2) is 35.3 Å². The van der Waals surface area contributed by atoms with Gasteiger partial charge >= 0.3 is 12.4 Å². The van der Waals surface area contributed by atoms with Crippen LogP contribution < -0.4 is 10.9 Å². The van der Waals surface area contributed by atoms with Crippen molar-refractivity contribution in [3.05, 3.63) is 62.0 Å². The Labute approximate surface area is 157 Å². The predicted molar refractivity (Wildman–Crippen MR) is 85.8 cm³/mol. The van der Waals surface area contributed by atoms with Crippen LogP contribution in [0.5, 0.6) is 0 Å². The molecule has 0 unspecified atom stereocenters. The molecule has 1 amide bonds. The number of nitrogens with one attached hydrogen (secondary N) is 1. The molecule has 4 nitrogen and oxygen atoms in total. The normalized spacial score (nSPS) is 12.1. The van der Waals surface area contributed by atoms with Gasteiger partial charge in [0.25, 0.3) is 5.56 Å². The molecule has 0 saturated heterocycles. The molecule has 146 valence electrons. The molecule has 0 saturated carbocycles. The number of carbonyl (C=O) groups is 1. The number of anilines is 1. The minimum atomic E-state index is -4.84. The van der Waals surface area contributed by atoms with Crippen LogP contribution >= 0.6 is 23.2 Å². The molecule has 0 aliphatic carbocycles. The number of rotatable bonds is 3. The third-order valence-corrected chi connectivity index (χ3v) is 3.75. The van der Waals surface area contributed by atoms with E-state index in [0.717, 1.165) is 12.1 Å². The fraction of sp³-hybridized carbons (Fsp3) is 0.200. The van der Waals surface area contributed by atoms with Crippen LogP contribution in [0, 0.1) is 0 Å². The molecule has 0 fully saturated rings. The quantitative estimate of drug-likeness (QED) is 0.706. The third kappa shape index (κ3) is 5.16. The number of halogens is 8. The number of benzene rings is 1. The second-order valence-electron chi connectivity index (χ2n) is 5.24. The Morgan fingerprint density at radius 1 is 1.04 bits per heavy atom. The Morgan fingerprint density at radius 3 is 2.22 bits per heavy atom. The van der Waals surface area contributed by atoms with E-state index >= 15 is 0 Å². The summed E-state index contributed by atoms with van der Waals surface area (Å²) in [4.78, 5) is 23.8. The molecular formula is C15H8Cl2F6N2O2. The van der Waals surface area contributed by atoms with Gasteiger partial charge in [-0.15, -0.1) is 0 Å². The standard InChI is InChI=1S/C15H8Cl2F6N2O2/c16-8-1-2-11(9(4-8)15(21,22)23)24-12(26)6-25-5-7(14(18,19)20)3-10(17)13(25)27/h1-5H,6H2,(H,24,26). The van der Waals surface area contributed by atoms with Crippen LogP contribution in [0.25, 0.3) is 0 Å². The van der Waals surface area contributed by atoms with Crippen LogP contribution in [0.2, 0.25) is 10.0 Å². The van der Waals surface area contributed by atoms with E-state index in [1.807, 2.05) is 5.32 Å². The maximum absolute atomic E-state index is 13.0. The maximum atomic E-state index is 13.0. The molecule has 2 rings (SSSR count). The number of carbonyl (C=O) groups excluding carboxylic acids is 1. The van der Waals surface area contributed by atoms with Gasteiger partial charge in [0.05, 0.1) is 16.8 Å². The predicted octanol–water partition coefficient (Wildman–Crippen LogP) is 4.83. The van der Waals surface area contributed by atoms with E-state index in [1.54, 1.807) is 0 Å². The van der Waals surface area contributed by atoms with Crippen LogP contribution in [-0.2, 0) is 23.7 Å². The Kier molecular flexibility index (Phi) is 5.81. The van der Waals surface area contributed by atoms with E-state index in [1.165, 1.54) is 0 Å². The van der Waals surface area contributed by atoms with Gasteiger partial charge in [-0.3, -0.25) is 9.59 Å². The SMILES string of the molecule is O=C(Cn1cc(C(F)(F)F)cc(Cl)c1=O)Nc1ccc(Cl)cc1C(F)(F)F. The number of amides is 1. The number of pyridine rings is 1. The van der Waals surface area contributed by atoms with Gasteiger partial charge in [-0.2, -0.15) is 26.3 Å². The Bertz CT molecular complexity index is 937. The van der Waals surface area contributed by atoms with Crippen molar-refractivity contribution in [2.24, 2.45) is 0 Å². The zero-order valence-electron chi connectivity index (χ0n) is 12.9. The molecule has 2 aromatic rings. The number of hydrogen-bond acceptors (Lipinski definition) is 2. The van der Waals surface area contributed by atoms with E-state index in [-0.39, 0.29) is 5.02 Å². The van der Waals surface area contributed by atoms with Crippen molar-refractivity contribution in [3.8, 4) is 0 Å². The average molecular weight is 433 g/mol. The lowest BCUT2D eigenvalue weighted by Crippen LogP contribution is -2.29. The first-order chi connectivity index (χ1) is 12.3. The van der Waals surface area contributed by atoms with Gasteiger partial charge in [0, 0.05) is 11.2 Å². The monoisotopic (exact) mass is 432 g/mol. The molecule has 0 aliphatic heterocycles. The molecule has 0 aliphatic rings. The molecular weight excluding hydrogens is 425 g/mol. The molecule has 0 radical (unpaired) electrons. The molecule has 1 N–H and O–H groups in total. The fourth-order valence-electron chi connectivity index (χ4n) is 2.08. The molecule has 27 heavy (non-hydrogen) atoms. The highest BCUT2D eigenvalue weighted by atomic mass is 35.5.